The number of sulfone groups is 1. The zero-order chi connectivity index (χ0) is 19.4. The van der Waals surface area contributed by atoms with Crippen LogP contribution in [0.15, 0.2) is 46.7 Å². The van der Waals surface area contributed by atoms with Gasteiger partial charge in [0.05, 0.1) is 10.9 Å². The van der Waals surface area contributed by atoms with Crippen LogP contribution in [0.4, 0.5) is 0 Å². The first-order valence-corrected chi connectivity index (χ1v) is 12.0. The Morgan fingerprint density at radius 3 is 2.44 bits per heavy atom. The third-order valence-corrected chi connectivity index (χ3v) is 7.23. The Bertz CT molecular complexity index is 853. The molecular weight excluding hydrogens is 380 g/mol. The summed E-state index contributed by atoms with van der Waals surface area (Å²) in [7, 11) is -3.26. The maximum atomic E-state index is 12.5. The van der Waals surface area contributed by atoms with Crippen molar-refractivity contribution in [2.45, 2.75) is 30.7 Å². The number of piperidine rings is 1. The van der Waals surface area contributed by atoms with Crippen LogP contribution in [-0.2, 0) is 9.84 Å². The minimum absolute atomic E-state index is 0.178. The minimum Gasteiger partial charge on any atom is -0.350 e. The van der Waals surface area contributed by atoms with Gasteiger partial charge in [-0.25, -0.2) is 8.42 Å². The molecule has 1 saturated heterocycles. The fourth-order valence-corrected chi connectivity index (χ4v) is 4.87. The van der Waals surface area contributed by atoms with Gasteiger partial charge in [0.15, 0.2) is 9.84 Å². The van der Waals surface area contributed by atoms with Crippen LogP contribution < -0.4 is 5.32 Å². The topological polar surface area (TPSA) is 66.5 Å². The Morgan fingerprint density at radius 1 is 1.22 bits per heavy atom. The van der Waals surface area contributed by atoms with Crippen molar-refractivity contribution in [2.75, 3.05) is 25.9 Å². The first-order valence-electron chi connectivity index (χ1n) is 9.20. The van der Waals surface area contributed by atoms with Gasteiger partial charge in [0.1, 0.15) is 0 Å². The Labute approximate surface area is 165 Å². The van der Waals surface area contributed by atoms with Crippen molar-refractivity contribution in [3.05, 3.63) is 52.2 Å². The van der Waals surface area contributed by atoms with Gasteiger partial charge < -0.3 is 5.32 Å². The molecule has 1 aliphatic rings. The Morgan fingerprint density at radius 2 is 1.89 bits per heavy atom. The summed E-state index contributed by atoms with van der Waals surface area (Å²) in [6, 6.07) is 10.4. The molecule has 3 rings (SSSR count). The summed E-state index contributed by atoms with van der Waals surface area (Å²) in [5.74, 6) is 0.579. The summed E-state index contributed by atoms with van der Waals surface area (Å²) in [5, 5.41) is 5.10. The van der Waals surface area contributed by atoms with E-state index in [1.54, 1.807) is 23.5 Å². The molecule has 1 aliphatic heterocycles. The third-order valence-electron chi connectivity index (χ3n) is 5.13. The molecule has 146 valence electrons. The molecule has 7 heteroatoms. The molecule has 5 nitrogen and oxygen atoms in total. The van der Waals surface area contributed by atoms with Crippen molar-refractivity contribution in [1.82, 2.24) is 10.2 Å². The second-order valence-corrected chi connectivity index (χ2v) is 10.3. The van der Waals surface area contributed by atoms with Gasteiger partial charge in [0, 0.05) is 23.2 Å². The van der Waals surface area contributed by atoms with E-state index in [1.165, 1.54) is 29.9 Å². The summed E-state index contributed by atoms with van der Waals surface area (Å²) in [4.78, 5) is 16.5. The van der Waals surface area contributed by atoms with Crippen molar-refractivity contribution in [3.8, 4) is 0 Å². The van der Waals surface area contributed by atoms with E-state index in [4.69, 9.17) is 0 Å². The number of nitrogens with zero attached hydrogens (tertiary/aromatic N) is 1. The Balaban J connectivity index is 1.67. The lowest BCUT2D eigenvalue weighted by molar-refractivity contribution is 0.0915. The summed E-state index contributed by atoms with van der Waals surface area (Å²) in [6.45, 7) is 4.92. The second-order valence-electron chi connectivity index (χ2n) is 7.26. The molecule has 0 aliphatic carbocycles. The average molecular weight is 407 g/mol. The number of rotatable bonds is 6. The number of likely N-dealkylation sites (tertiary alicyclic amines) is 1. The highest BCUT2D eigenvalue weighted by molar-refractivity contribution is 7.90. The fourth-order valence-electron chi connectivity index (χ4n) is 3.38. The second kappa shape index (κ2) is 8.54. The lowest BCUT2D eigenvalue weighted by Crippen LogP contribution is -2.41. The van der Waals surface area contributed by atoms with E-state index < -0.39 is 9.84 Å². The highest BCUT2D eigenvalue weighted by Gasteiger charge is 2.25. The molecule has 2 heterocycles. The predicted molar refractivity (Wildman–Crippen MR) is 109 cm³/mol. The van der Waals surface area contributed by atoms with Crippen LogP contribution >= 0.6 is 11.3 Å². The van der Waals surface area contributed by atoms with Gasteiger partial charge >= 0.3 is 0 Å². The van der Waals surface area contributed by atoms with Crippen molar-refractivity contribution in [2.24, 2.45) is 5.92 Å². The number of nitrogens with one attached hydrogen (secondary N) is 1. The van der Waals surface area contributed by atoms with E-state index >= 15 is 0 Å². The van der Waals surface area contributed by atoms with Crippen LogP contribution in [0.1, 0.15) is 41.0 Å². The van der Waals surface area contributed by atoms with Crippen molar-refractivity contribution in [3.63, 3.8) is 0 Å². The lowest BCUT2D eigenvalue weighted by atomic mass is 9.97. The molecule has 1 aromatic heterocycles. The fraction of sp³-hybridized carbons (Fsp3) is 0.450. The zero-order valence-electron chi connectivity index (χ0n) is 15.7. The van der Waals surface area contributed by atoms with Crippen LogP contribution in [0, 0.1) is 5.92 Å². The molecule has 0 bridgehead atoms. The molecule has 1 atom stereocenters. The van der Waals surface area contributed by atoms with E-state index in [9.17, 15) is 13.2 Å². The highest BCUT2D eigenvalue weighted by Crippen LogP contribution is 2.29. The Kier molecular flexibility index (Phi) is 6.34. The molecule has 1 aromatic carbocycles. The molecular formula is C20H26N2O3S2. The molecule has 27 heavy (non-hydrogen) atoms. The smallest absolute Gasteiger partial charge is 0.251 e. The normalized spacial score (nSPS) is 17.6. The van der Waals surface area contributed by atoms with Gasteiger partial charge in [0.25, 0.3) is 5.91 Å². The zero-order valence-corrected chi connectivity index (χ0v) is 17.4. The highest BCUT2D eigenvalue weighted by atomic mass is 32.2. The SMILES string of the molecule is CC1CCN([C@@H](CNC(=O)c2ccc(S(C)(=O)=O)cc2)c2cccs2)CC1. The number of carbonyl (C=O) groups excluding carboxylic acids is 1. The molecule has 0 spiro atoms. The van der Waals surface area contributed by atoms with Crippen molar-refractivity contribution >= 4 is 27.1 Å². The summed E-state index contributed by atoms with van der Waals surface area (Å²) < 4.78 is 23.1. The Hall–Kier alpha value is -1.70. The number of carbonyl (C=O) groups is 1. The van der Waals surface area contributed by atoms with Gasteiger partial charge in [0.2, 0.25) is 0 Å². The van der Waals surface area contributed by atoms with Crippen LogP contribution in [0.2, 0.25) is 0 Å². The lowest BCUT2D eigenvalue weighted by Gasteiger charge is -2.36. The standard InChI is InChI=1S/C20H26N2O3S2/c1-15-9-11-22(12-10-15)18(19-4-3-13-26-19)14-21-20(23)16-5-7-17(8-6-16)27(2,24)25/h3-8,13,15,18H,9-12,14H2,1-2H3,(H,21,23)/t18-/m0/s1. The van der Waals surface area contributed by atoms with Gasteiger partial charge in [-0.15, -0.1) is 11.3 Å². The quantitative estimate of drug-likeness (QED) is 0.799. The third kappa shape index (κ3) is 5.18. The van der Waals surface area contributed by atoms with Crippen LogP contribution in [-0.4, -0.2) is 45.1 Å². The van der Waals surface area contributed by atoms with Crippen LogP contribution in [0.5, 0.6) is 0 Å². The van der Waals surface area contributed by atoms with Gasteiger partial charge in [-0.05, 0) is 67.6 Å². The average Bonchev–Trinajstić information content (AvgIpc) is 3.17. The molecule has 2 aromatic rings. The number of benzene rings is 1. The van der Waals surface area contributed by atoms with E-state index in [1.807, 2.05) is 6.07 Å². The molecule has 0 saturated carbocycles. The van der Waals surface area contributed by atoms with E-state index in [-0.39, 0.29) is 16.8 Å². The predicted octanol–water partition coefficient (Wildman–Crippen LogP) is 3.35. The molecule has 0 unspecified atom stereocenters. The largest absolute Gasteiger partial charge is 0.350 e. The number of amides is 1. The summed E-state index contributed by atoms with van der Waals surface area (Å²) in [5.41, 5.74) is 0.472. The maximum absolute atomic E-state index is 12.5. The maximum Gasteiger partial charge on any atom is 0.251 e. The number of hydrogen-bond donors (Lipinski definition) is 1. The van der Waals surface area contributed by atoms with Crippen LogP contribution in [0.3, 0.4) is 0 Å². The first-order chi connectivity index (χ1) is 12.8. The van der Waals surface area contributed by atoms with E-state index in [2.05, 4.69) is 28.6 Å². The summed E-state index contributed by atoms with van der Waals surface area (Å²) >= 11 is 1.72. The van der Waals surface area contributed by atoms with E-state index in [0.29, 0.717) is 12.1 Å². The molecule has 1 amide bonds. The molecule has 1 fully saturated rings. The molecule has 0 radical (unpaired) electrons. The van der Waals surface area contributed by atoms with E-state index in [0.717, 1.165) is 25.3 Å². The number of thiophene rings is 1. The van der Waals surface area contributed by atoms with Crippen molar-refractivity contribution in [1.29, 1.82) is 0 Å². The monoisotopic (exact) mass is 406 g/mol. The van der Waals surface area contributed by atoms with Gasteiger partial charge in [-0.1, -0.05) is 13.0 Å². The van der Waals surface area contributed by atoms with Gasteiger partial charge in [-0.3, -0.25) is 9.69 Å². The van der Waals surface area contributed by atoms with Crippen LogP contribution in [0.25, 0.3) is 0 Å². The summed E-state index contributed by atoms with van der Waals surface area (Å²) in [6.07, 6.45) is 3.53. The van der Waals surface area contributed by atoms with Gasteiger partial charge in [-0.2, -0.15) is 0 Å². The minimum atomic E-state index is -3.26. The first kappa shape index (κ1) is 20.0. The number of hydrogen-bond acceptors (Lipinski definition) is 5. The molecule has 1 N–H and O–H groups in total. The van der Waals surface area contributed by atoms with Crippen molar-refractivity contribution < 1.29 is 13.2 Å².